The number of aliphatic carboxylic acids is 1. The number of nitrogens with one attached hydrogen (secondary N) is 3. The maximum Gasteiger partial charge on any atom is 0.317 e. The number of carbonyl (C=O) groups excluding carboxylic acids is 2. The number of likely N-dealkylation sites (tertiary alicyclic amines) is 1. The van der Waals surface area contributed by atoms with Crippen molar-refractivity contribution in [2.75, 3.05) is 18.4 Å². The van der Waals surface area contributed by atoms with Crippen LogP contribution >= 0.6 is 11.3 Å². The number of rotatable bonds is 10. The van der Waals surface area contributed by atoms with Crippen LogP contribution in [0.4, 0.5) is 5.00 Å². The normalized spacial score (nSPS) is 17.8. The Hall–Kier alpha value is -4.02. The summed E-state index contributed by atoms with van der Waals surface area (Å²) in [5, 5.41) is 23.4. The van der Waals surface area contributed by atoms with Gasteiger partial charge in [-0.25, -0.2) is 0 Å². The van der Waals surface area contributed by atoms with Gasteiger partial charge in [0.1, 0.15) is 11.4 Å². The molecule has 3 aromatic rings. The second kappa shape index (κ2) is 11.6. The highest BCUT2D eigenvalue weighted by Crippen LogP contribution is 2.36. The third kappa shape index (κ3) is 5.76. The van der Waals surface area contributed by atoms with Crippen LogP contribution in [-0.4, -0.2) is 58.3 Å². The van der Waals surface area contributed by atoms with E-state index in [2.05, 4.69) is 10.6 Å². The molecule has 1 saturated heterocycles. The first-order valence-electron chi connectivity index (χ1n) is 12.3. The van der Waals surface area contributed by atoms with Gasteiger partial charge in [0.25, 0.3) is 5.91 Å². The van der Waals surface area contributed by atoms with E-state index >= 15 is 0 Å². The molecule has 9 nitrogen and oxygen atoms in total. The molecule has 0 saturated carbocycles. The van der Waals surface area contributed by atoms with E-state index in [1.165, 1.54) is 11.3 Å². The van der Waals surface area contributed by atoms with Gasteiger partial charge >= 0.3 is 5.97 Å². The number of nitrogens with two attached hydrogens (primary N) is 1. The minimum absolute atomic E-state index is 0.0837. The summed E-state index contributed by atoms with van der Waals surface area (Å²) in [4.78, 5) is 41.5. The number of amides is 2. The molecule has 1 fully saturated rings. The average molecular weight is 534 g/mol. The van der Waals surface area contributed by atoms with Gasteiger partial charge < -0.3 is 21.1 Å². The molecule has 0 spiro atoms. The van der Waals surface area contributed by atoms with Crippen LogP contribution < -0.4 is 16.4 Å². The van der Waals surface area contributed by atoms with E-state index in [0.717, 1.165) is 11.1 Å². The smallest absolute Gasteiger partial charge is 0.317 e. The quantitative estimate of drug-likeness (QED) is 0.200. The van der Waals surface area contributed by atoms with Crippen LogP contribution in [0.15, 0.2) is 72.8 Å². The molecule has 38 heavy (non-hydrogen) atoms. The summed E-state index contributed by atoms with van der Waals surface area (Å²) in [6.07, 6.45) is 1.09. The van der Waals surface area contributed by atoms with Gasteiger partial charge in [-0.1, -0.05) is 60.7 Å². The van der Waals surface area contributed by atoms with Gasteiger partial charge in [0.15, 0.2) is 0 Å². The van der Waals surface area contributed by atoms with E-state index < -0.39 is 30.0 Å². The van der Waals surface area contributed by atoms with Crippen LogP contribution in [0.25, 0.3) is 0 Å². The first kappa shape index (κ1) is 27.0. The second-order valence-electron chi connectivity index (χ2n) is 9.45. The fourth-order valence-corrected chi connectivity index (χ4v) is 5.72. The minimum atomic E-state index is -1.14. The third-order valence-corrected chi connectivity index (χ3v) is 7.93. The van der Waals surface area contributed by atoms with Crippen molar-refractivity contribution in [3.05, 3.63) is 88.8 Å². The number of thiophene rings is 1. The largest absolute Gasteiger partial charge is 0.480 e. The Morgan fingerprint density at radius 2 is 1.66 bits per heavy atom. The zero-order valence-corrected chi connectivity index (χ0v) is 21.8. The number of hydrogen-bond donors (Lipinski definition) is 5. The molecule has 0 bridgehead atoms. The van der Waals surface area contributed by atoms with Crippen LogP contribution in [0.5, 0.6) is 0 Å². The highest BCUT2D eigenvalue weighted by molar-refractivity contribution is 7.18. The van der Waals surface area contributed by atoms with Crippen molar-refractivity contribution in [3.8, 4) is 0 Å². The highest BCUT2D eigenvalue weighted by atomic mass is 32.1. The highest BCUT2D eigenvalue weighted by Gasteiger charge is 2.48. The first-order chi connectivity index (χ1) is 18.2. The predicted octanol–water partition coefficient (Wildman–Crippen LogP) is 3.23. The van der Waals surface area contributed by atoms with E-state index in [9.17, 15) is 19.5 Å². The fraction of sp³-hybridized carbons (Fsp3) is 0.286. The lowest BCUT2D eigenvalue weighted by molar-refractivity contribution is -0.144. The molecular weight excluding hydrogens is 502 g/mol. The number of amidine groups is 1. The topological polar surface area (TPSA) is 149 Å². The maximum atomic E-state index is 14.3. The van der Waals surface area contributed by atoms with Gasteiger partial charge in [-0.05, 0) is 43.0 Å². The van der Waals surface area contributed by atoms with Gasteiger partial charge in [-0.15, -0.1) is 11.3 Å². The van der Waals surface area contributed by atoms with Crippen LogP contribution in [0, 0.1) is 5.41 Å². The number of anilines is 1. The van der Waals surface area contributed by atoms with E-state index in [1.807, 2.05) is 60.7 Å². The van der Waals surface area contributed by atoms with E-state index in [1.54, 1.807) is 24.0 Å². The number of carboxylic acid groups (broad SMARTS) is 1. The molecule has 10 heteroatoms. The minimum Gasteiger partial charge on any atom is -0.480 e. The molecule has 2 heterocycles. The van der Waals surface area contributed by atoms with E-state index in [0.29, 0.717) is 29.3 Å². The van der Waals surface area contributed by atoms with Gasteiger partial charge in [-0.3, -0.25) is 25.1 Å². The summed E-state index contributed by atoms with van der Waals surface area (Å²) in [6.45, 7) is 1.70. The fourth-order valence-electron chi connectivity index (χ4n) is 4.96. The Morgan fingerprint density at radius 1 is 1.05 bits per heavy atom. The van der Waals surface area contributed by atoms with Crippen LogP contribution in [-0.2, 0) is 14.4 Å². The second-order valence-corrected chi connectivity index (χ2v) is 10.5. The Bertz CT molecular complexity index is 1270. The maximum absolute atomic E-state index is 14.3. The molecule has 2 atom stereocenters. The number of benzene rings is 2. The summed E-state index contributed by atoms with van der Waals surface area (Å²) in [5.74, 6) is -2.32. The summed E-state index contributed by atoms with van der Waals surface area (Å²) in [6, 6.07) is 21.4. The first-order valence-corrected chi connectivity index (χ1v) is 13.1. The molecule has 1 aliphatic rings. The molecule has 1 aliphatic heterocycles. The lowest BCUT2D eigenvalue weighted by Gasteiger charge is -2.38. The molecule has 0 radical (unpaired) electrons. The summed E-state index contributed by atoms with van der Waals surface area (Å²) < 4.78 is 0. The number of nitrogen functional groups attached to an aromatic ring is 1. The monoisotopic (exact) mass is 533 g/mol. The number of nitrogens with zero attached hydrogens (tertiary/aromatic N) is 1. The molecular formula is C28H31N5O4S. The van der Waals surface area contributed by atoms with Gasteiger partial charge in [-0.2, -0.15) is 0 Å². The lowest BCUT2D eigenvalue weighted by Crippen LogP contribution is -2.59. The summed E-state index contributed by atoms with van der Waals surface area (Å²) >= 11 is 1.19. The van der Waals surface area contributed by atoms with Crippen molar-refractivity contribution in [1.82, 2.24) is 10.2 Å². The van der Waals surface area contributed by atoms with Crippen molar-refractivity contribution in [2.45, 2.75) is 37.3 Å². The summed E-state index contributed by atoms with van der Waals surface area (Å²) in [7, 11) is 0. The van der Waals surface area contributed by atoms with Crippen molar-refractivity contribution in [2.24, 2.45) is 5.73 Å². The van der Waals surface area contributed by atoms with Gasteiger partial charge in [0.2, 0.25) is 5.91 Å². The molecule has 4 rings (SSSR count). The molecule has 0 aliphatic carbocycles. The standard InChI is InChI=1S/C28H31N5O4S/c1-28(27(37)32-21-14-13-20(38-21)25(29)30)15-8-16-33(28)26(36)24(31-17-22(34)35)23(18-9-4-2-5-10-18)19-11-6-3-7-12-19/h2-7,9-14,23-24,31H,8,15-17H2,1H3,(H3,29,30)(H,32,37)(H,34,35)/t24-,28+/m1/s1. The summed E-state index contributed by atoms with van der Waals surface area (Å²) in [5.41, 5.74) is 6.13. The zero-order valence-electron chi connectivity index (χ0n) is 21.0. The van der Waals surface area contributed by atoms with Crippen molar-refractivity contribution in [1.29, 1.82) is 5.41 Å². The van der Waals surface area contributed by atoms with Crippen LogP contribution in [0.1, 0.15) is 41.7 Å². The Labute approximate surface area is 225 Å². The lowest BCUT2D eigenvalue weighted by atomic mass is 9.83. The Morgan fingerprint density at radius 3 is 2.18 bits per heavy atom. The Kier molecular flexibility index (Phi) is 8.23. The molecule has 198 valence electrons. The molecule has 0 unspecified atom stereocenters. The van der Waals surface area contributed by atoms with Gasteiger partial charge in [0.05, 0.1) is 22.5 Å². The molecule has 2 aromatic carbocycles. The number of hydrogen-bond acceptors (Lipinski definition) is 6. The van der Waals surface area contributed by atoms with Crippen molar-refractivity contribution in [3.63, 3.8) is 0 Å². The Balaban J connectivity index is 1.68. The van der Waals surface area contributed by atoms with Crippen molar-refractivity contribution < 1.29 is 19.5 Å². The molecule has 1 aromatic heterocycles. The number of carbonyl (C=O) groups is 3. The third-order valence-electron chi connectivity index (χ3n) is 6.89. The predicted molar refractivity (Wildman–Crippen MR) is 147 cm³/mol. The zero-order chi connectivity index (χ0) is 27.3. The van der Waals surface area contributed by atoms with Crippen molar-refractivity contribution >= 4 is 40.0 Å². The van der Waals surface area contributed by atoms with Crippen LogP contribution in [0.3, 0.4) is 0 Å². The SMILES string of the molecule is C[C@@]1(C(=O)Nc2ccc(C(=N)N)s2)CCCN1C(=O)[C@H](NCC(=O)O)C(c1ccccc1)c1ccccc1. The average Bonchev–Trinajstić information content (AvgIpc) is 3.54. The van der Waals surface area contributed by atoms with Gasteiger partial charge in [0, 0.05) is 12.5 Å². The molecule has 2 amide bonds. The number of carboxylic acids is 1. The molecule has 6 N–H and O–H groups in total. The van der Waals surface area contributed by atoms with E-state index in [4.69, 9.17) is 11.1 Å². The van der Waals surface area contributed by atoms with E-state index in [-0.39, 0.29) is 17.6 Å². The van der Waals surface area contributed by atoms with Crippen LogP contribution in [0.2, 0.25) is 0 Å².